The van der Waals surface area contributed by atoms with Gasteiger partial charge in [0.05, 0.1) is 0 Å². The maximum absolute atomic E-state index is 10.8. The van der Waals surface area contributed by atoms with Crippen molar-refractivity contribution in [1.82, 2.24) is 15.0 Å². The van der Waals surface area contributed by atoms with Crippen molar-refractivity contribution in [2.75, 3.05) is 6.61 Å². The molecule has 0 aliphatic heterocycles. The first kappa shape index (κ1) is 17.9. The number of phenolic OH excluding ortho intramolecular Hbond substituents is 1. The van der Waals surface area contributed by atoms with Crippen LogP contribution in [0, 0.1) is 0 Å². The third-order valence-electron chi connectivity index (χ3n) is 4.14. The van der Waals surface area contributed by atoms with E-state index in [9.17, 15) is 5.11 Å². The minimum Gasteiger partial charge on any atom is -0.505 e. The van der Waals surface area contributed by atoms with Gasteiger partial charge < -0.3 is 10.2 Å². The quantitative estimate of drug-likeness (QED) is 0.687. The van der Waals surface area contributed by atoms with Gasteiger partial charge in [0.1, 0.15) is 22.5 Å². The first-order valence-electron chi connectivity index (χ1n) is 8.30. The largest absolute Gasteiger partial charge is 0.505 e. The van der Waals surface area contributed by atoms with Crippen LogP contribution in [0.5, 0.6) is 5.75 Å². The molecule has 2 N–H and O–H groups in total. The van der Waals surface area contributed by atoms with E-state index < -0.39 is 0 Å². The summed E-state index contributed by atoms with van der Waals surface area (Å²) in [6.07, 6.45) is 1.41. The summed E-state index contributed by atoms with van der Waals surface area (Å²) in [7, 11) is 0. The fourth-order valence-electron chi connectivity index (χ4n) is 2.82. The van der Waals surface area contributed by atoms with Crippen LogP contribution in [-0.4, -0.2) is 31.8 Å². The molecule has 5 nitrogen and oxygen atoms in total. The normalized spacial score (nSPS) is 12.0. The van der Waals surface area contributed by atoms with E-state index in [4.69, 9.17) is 5.11 Å². The number of hydrogen-bond donors (Lipinski definition) is 2. The Labute approximate surface area is 155 Å². The molecule has 3 aromatic rings. The lowest BCUT2D eigenvalue weighted by atomic mass is 9.84. The second kappa shape index (κ2) is 6.77. The van der Waals surface area contributed by atoms with Crippen LogP contribution in [0.25, 0.3) is 16.7 Å². The van der Waals surface area contributed by atoms with Gasteiger partial charge in [0.2, 0.25) is 0 Å². The number of hydrogen-bond acceptors (Lipinski definition) is 4. The zero-order valence-corrected chi connectivity index (χ0v) is 16.2. The standard InChI is InChI=1S/C19H22BrN3O2/c1-19(2,3)14-9-12(5-4-8-24)10-17(18(14)25)23-21-15-7-6-13(20)11-16(15)22-23/h6-7,9-11,24-25H,4-5,8H2,1-3H3. The Balaban J connectivity index is 2.18. The van der Waals surface area contributed by atoms with Crippen molar-refractivity contribution >= 4 is 27.0 Å². The highest BCUT2D eigenvalue weighted by Crippen LogP contribution is 2.36. The lowest BCUT2D eigenvalue weighted by Crippen LogP contribution is -2.14. The van der Waals surface area contributed by atoms with E-state index in [0.29, 0.717) is 12.1 Å². The molecule has 0 spiro atoms. The Kier molecular flexibility index (Phi) is 4.84. The molecule has 25 heavy (non-hydrogen) atoms. The minimum atomic E-state index is -0.219. The fourth-order valence-corrected chi connectivity index (χ4v) is 3.17. The summed E-state index contributed by atoms with van der Waals surface area (Å²) >= 11 is 3.44. The van der Waals surface area contributed by atoms with Gasteiger partial charge in [0, 0.05) is 16.6 Å². The molecule has 0 saturated carbocycles. The zero-order valence-electron chi connectivity index (χ0n) is 14.6. The molecule has 0 saturated heterocycles. The van der Waals surface area contributed by atoms with Gasteiger partial charge in [0.25, 0.3) is 0 Å². The Hall–Kier alpha value is -1.92. The maximum atomic E-state index is 10.8. The van der Waals surface area contributed by atoms with Gasteiger partial charge in [-0.3, -0.25) is 0 Å². The maximum Gasteiger partial charge on any atom is 0.146 e. The zero-order chi connectivity index (χ0) is 18.2. The number of benzene rings is 2. The second-order valence-electron chi connectivity index (χ2n) is 7.21. The molecule has 0 atom stereocenters. The first-order valence-corrected chi connectivity index (χ1v) is 9.09. The molecule has 132 valence electrons. The molecule has 0 amide bonds. The summed E-state index contributed by atoms with van der Waals surface area (Å²) in [5, 5.41) is 29.0. The molecule has 0 radical (unpaired) electrons. The molecule has 0 bridgehead atoms. The Morgan fingerprint density at radius 3 is 2.48 bits per heavy atom. The smallest absolute Gasteiger partial charge is 0.146 e. The highest BCUT2D eigenvalue weighted by Gasteiger charge is 2.23. The Bertz CT molecular complexity index is 913. The molecule has 0 fully saturated rings. The molecule has 1 aromatic heterocycles. The number of fused-ring (bicyclic) bond motifs is 1. The summed E-state index contributed by atoms with van der Waals surface area (Å²) in [5.41, 5.74) is 3.76. The number of aromatic nitrogens is 3. The van der Waals surface area contributed by atoms with E-state index in [-0.39, 0.29) is 17.8 Å². The summed E-state index contributed by atoms with van der Waals surface area (Å²) in [6.45, 7) is 6.32. The highest BCUT2D eigenvalue weighted by atomic mass is 79.9. The van der Waals surface area contributed by atoms with E-state index in [1.165, 1.54) is 4.80 Å². The summed E-state index contributed by atoms with van der Waals surface area (Å²) < 4.78 is 0.934. The molecule has 3 rings (SSSR count). The van der Waals surface area contributed by atoms with E-state index in [2.05, 4.69) is 46.9 Å². The number of nitrogens with zero attached hydrogens (tertiary/aromatic N) is 3. The number of phenols is 1. The molecular formula is C19H22BrN3O2. The number of aliphatic hydroxyl groups excluding tert-OH is 1. The van der Waals surface area contributed by atoms with Crippen molar-refractivity contribution in [2.24, 2.45) is 0 Å². The van der Waals surface area contributed by atoms with E-state index in [0.717, 1.165) is 33.1 Å². The summed E-state index contributed by atoms with van der Waals surface area (Å²) in [5.74, 6) is 0.194. The first-order chi connectivity index (χ1) is 11.8. The van der Waals surface area contributed by atoms with Gasteiger partial charge in [-0.25, -0.2) is 0 Å². The molecule has 1 heterocycles. The van der Waals surface area contributed by atoms with Crippen molar-refractivity contribution in [2.45, 2.75) is 39.0 Å². The van der Waals surface area contributed by atoms with Gasteiger partial charge in [-0.2, -0.15) is 0 Å². The average Bonchev–Trinajstić information content (AvgIpc) is 2.95. The van der Waals surface area contributed by atoms with Gasteiger partial charge in [0.15, 0.2) is 0 Å². The van der Waals surface area contributed by atoms with Gasteiger partial charge in [-0.05, 0) is 48.1 Å². The lowest BCUT2D eigenvalue weighted by Gasteiger charge is -2.23. The number of aliphatic hydroxyl groups is 1. The lowest BCUT2D eigenvalue weighted by molar-refractivity contribution is 0.288. The third kappa shape index (κ3) is 3.70. The Morgan fingerprint density at radius 1 is 1.08 bits per heavy atom. The van der Waals surface area contributed by atoms with Crippen LogP contribution >= 0.6 is 15.9 Å². The van der Waals surface area contributed by atoms with Crippen LogP contribution in [0.4, 0.5) is 0 Å². The average molecular weight is 404 g/mol. The van der Waals surface area contributed by atoms with Crippen LogP contribution in [0.1, 0.15) is 38.3 Å². The molecule has 0 unspecified atom stereocenters. The second-order valence-corrected chi connectivity index (χ2v) is 8.13. The number of halogens is 1. The molecule has 0 aliphatic carbocycles. The van der Waals surface area contributed by atoms with Crippen molar-refractivity contribution < 1.29 is 10.2 Å². The van der Waals surface area contributed by atoms with Crippen molar-refractivity contribution in [3.8, 4) is 11.4 Å². The number of rotatable bonds is 4. The fraction of sp³-hybridized carbons (Fsp3) is 0.368. The van der Waals surface area contributed by atoms with E-state index >= 15 is 0 Å². The molecule has 6 heteroatoms. The molecule has 0 aliphatic rings. The number of aromatic hydroxyl groups is 1. The van der Waals surface area contributed by atoms with Crippen LogP contribution in [-0.2, 0) is 11.8 Å². The van der Waals surface area contributed by atoms with Crippen molar-refractivity contribution in [3.63, 3.8) is 0 Å². The van der Waals surface area contributed by atoms with Crippen LogP contribution in [0.15, 0.2) is 34.8 Å². The predicted molar refractivity (Wildman–Crippen MR) is 102 cm³/mol. The van der Waals surface area contributed by atoms with Gasteiger partial charge >= 0.3 is 0 Å². The molecule has 2 aromatic carbocycles. The topological polar surface area (TPSA) is 71.2 Å². The van der Waals surface area contributed by atoms with Gasteiger partial charge in [-0.15, -0.1) is 15.0 Å². The third-order valence-corrected chi connectivity index (χ3v) is 4.63. The van der Waals surface area contributed by atoms with Crippen molar-refractivity contribution in [3.05, 3.63) is 45.9 Å². The minimum absolute atomic E-state index is 0.138. The van der Waals surface area contributed by atoms with E-state index in [1.807, 2.05) is 30.3 Å². The summed E-state index contributed by atoms with van der Waals surface area (Å²) in [6, 6.07) is 9.61. The van der Waals surface area contributed by atoms with Crippen LogP contribution in [0.2, 0.25) is 0 Å². The monoisotopic (exact) mass is 403 g/mol. The predicted octanol–water partition coefficient (Wildman–Crippen LogP) is 4.11. The van der Waals surface area contributed by atoms with Crippen LogP contribution in [0.3, 0.4) is 0 Å². The molecular weight excluding hydrogens is 382 g/mol. The Morgan fingerprint density at radius 2 is 1.80 bits per heavy atom. The highest BCUT2D eigenvalue weighted by molar-refractivity contribution is 9.10. The SMILES string of the molecule is CC(C)(C)c1cc(CCCO)cc(-n2nc3ccc(Br)cc3n2)c1O. The van der Waals surface area contributed by atoms with Crippen molar-refractivity contribution in [1.29, 1.82) is 0 Å². The number of aryl methyl sites for hydroxylation is 1. The van der Waals surface area contributed by atoms with E-state index in [1.54, 1.807) is 0 Å². The summed E-state index contributed by atoms with van der Waals surface area (Å²) in [4.78, 5) is 1.49. The van der Waals surface area contributed by atoms with Crippen LogP contribution < -0.4 is 0 Å². The van der Waals surface area contributed by atoms with Gasteiger partial charge in [-0.1, -0.05) is 42.8 Å².